The summed E-state index contributed by atoms with van der Waals surface area (Å²) in [6.07, 6.45) is 0.709. The van der Waals surface area contributed by atoms with Gasteiger partial charge in [0, 0.05) is 12.3 Å². The molecule has 0 fully saturated rings. The van der Waals surface area contributed by atoms with Crippen LogP contribution in [0.2, 0.25) is 0 Å². The highest BCUT2D eigenvalue weighted by atomic mass is 32.2. The molecule has 1 aromatic carbocycles. The van der Waals surface area contributed by atoms with Crippen LogP contribution in [0.25, 0.3) is 0 Å². The zero-order chi connectivity index (χ0) is 15.0. The van der Waals surface area contributed by atoms with E-state index in [4.69, 9.17) is 5.11 Å². The Balaban J connectivity index is 3.28. The van der Waals surface area contributed by atoms with Gasteiger partial charge in [0.15, 0.2) is 9.84 Å². The van der Waals surface area contributed by atoms with E-state index in [0.29, 0.717) is 0 Å². The minimum Gasteiger partial charge on any atom is -0.508 e. The Morgan fingerprint density at radius 1 is 1.37 bits per heavy atom. The van der Waals surface area contributed by atoms with E-state index in [0.717, 1.165) is 18.4 Å². The molecular weight excluding hydrogens is 275 g/mol. The Morgan fingerprint density at radius 3 is 2.32 bits per heavy atom. The first kappa shape index (κ1) is 15.4. The molecule has 5 nitrogen and oxygen atoms in total. The maximum Gasteiger partial charge on any atom is 0.309 e. The van der Waals surface area contributed by atoms with Crippen molar-refractivity contribution >= 4 is 15.8 Å². The summed E-state index contributed by atoms with van der Waals surface area (Å²) in [4.78, 5) is 10.4. The lowest BCUT2D eigenvalue weighted by Gasteiger charge is -2.20. The van der Waals surface area contributed by atoms with Gasteiger partial charge in [-0.25, -0.2) is 12.8 Å². The van der Waals surface area contributed by atoms with Crippen molar-refractivity contribution in [3.05, 3.63) is 23.5 Å². The molecule has 106 valence electrons. The third-order valence-corrected chi connectivity index (χ3v) is 3.86. The molecule has 0 amide bonds. The number of hydrogen-bond acceptors (Lipinski definition) is 4. The predicted octanol–water partition coefficient (Wildman–Crippen LogP) is 1.59. The van der Waals surface area contributed by atoms with E-state index in [-0.39, 0.29) is 12.0 Å². The Morgan fingerprint density at radius 2 is 1.89 bits per heavy atom. The van der Waals surface area contributed by atoms with E-state index in [1.165, 1.54) is 13.8 Å². The second-order valence-electron chi connectivity index (χ2n) is 5.05. The summed E-state index contributed by atoms with van der Waals surface area (Å²) in [5, 5.41) is 18.7. The van der Waals surface area contributed by atoms with Crippen molar-refractivity contribution in [3.63, 3.8) is 0 Å². The van der Waals surface area contributed by atoms with E-state index in [9.17, 15) is 22.7 Å². The van der Waals surface area contributed by atoms with Crippen LogP contribution in [-0.2, 0) is 21.1 Å². The third kappa shape index (κ3) is 3.44. The molecule has 0 atom stereocenters. The quantitative estimate of drug-likeness (QED) is 0.878. The van der Waals surface area contributed by atoms with Crippen LogP contribution < -0.4 is 0 Å². The molecule has 2 N–H and O–H groups in total. The van der Waals surface area contributed by atoms with Crippen molar-refractivity contribution in [2.75, 3.05) is 6.26 Å². The van der Waals surface area contributed by atoms with E-state index in [2.05, 4.69) is 0 Å². The lowest BCUT2D eigenvalue weighted by Crippen LogP contribution is -2.26. The lowest BCUT2D eigenvalue weighted by molar-refractivity contribution is -0.146. The largest absolute Gasteiger partial charge is 0.508 e. The number of phenols is 1. The number of hydrogen-bond donors (Lipinski definition) is 2. The number of carboxylic acids is 1. The molecule has 0 aliphatic heterocycles. The SMILES string of the molecule is CC(C)(Cc1cc(F)c(S(C)(=O)=O)cc1O)C(=O)O. The van der Waals surface area contributed by atoms with Gasteiger partial charge in [-0.15, -0.1) is 0 Å². The number of sulfone groups is 1. The third-order valence-electron chi connectivity index (χ3n) is 2.74. The van der Waals surface area contributed by atoms with Crippen molar-refractivity contribution in [1.29, 1.82) is 0 Å². The van der Waals surface area contributed by atoms with Crippen LogP contribution in [-0.4, -0.2) is 30.9 Å². The number of carbonyl (C=O) groups is 1. The number of rotatable bonds is 4. The van der Waals surface area contributed by atoms with Crippen molar-refractivity contribution in [1.82, 2.24) is 0 Å². The van der Waals surface area contributed by atoms with E-state index < -0.39 is 37.7 Å². The highest BCUT2D eigenvalue weighted by Crippen LogP contribution is 2.31. The molecule has 7 heteroatoms. The summed E-state index contributed by atoms with van der Waals surface area (Å²) < 4.78 is 36.2. The molecular formula is C12H15FO5S. The molecule has 1 aromatic rings. The molecule has 0 aliphatic rings. The standard InChI is InChI=1S/C12H15FO5S/c1-12(2,11(15)16)6-7-4-8(13)10(5-9(7)14)19(3,17)18/h4-5,14H,6H2,1-3H3,(H,15,16). The Hall–Kier alpha value is -1.63. The van der Waals surface area contributed by atoms with Gasteiger partial charge in [0.2, 0.25) is 0 Å². The summed E-state index contributed by atoms with van der Waals surface area (Å²) in [5.74, 6) is -2.54. The van der Waals surface area contributed by atoms with Crippen LogP contribution in [0.4, 0.5) is 4.39 Å². The van der Waals surface area contributed by atoms with E-state index >= 15 is 0 Å². The van der Waals surface area contributed by atoms with Crippen molar-refractivity contribution < 1.29 is 27.8 Å². The van der Waals surface area contributed by atoms with Gasteiger partial charge in [-0.2, -0.15) is 0 Å². The number of aromatic hydroxyl groups is 1. The fraction of sp³-hybridized carbons (Fsp3) is 0.417. The average molecular weight is 290 g/mol. The van der Waals surface area contributed by atoms with Gasteiger partial charge in [-0.3, -0.25) is 4.79 Å². The highest BCUT2D eigenvalue weighted by molar-refractivity contribution is 7.90. The van der Waals surface area contributed by atoms with Gasteiger partial charge < -0.3 is 10.2 Å². The molecule has 0 aromatic heterocycles. The zero-order valence-electron chi connectivity index (χ0n) is 10.8. The molecule has 0 bridgehead atoms. The molecule has 19 heavy (non-hydrogen) atoms. The van der Waals surface area contributed by atoms with Crippen LogP contribution in [0, 0.1) is 11.2 Å². The summed E-state index contributed by atoms with van der Waals surface area (Å²) >= 11 is 0. The number of halogens is 1. The van der Waals surface area contributed by atoms with E-state index in [1.54, 1.807) is 0 Å². The summed E-state index contributed by atoms with van der Waals surface area (Å²) in [6, 6.07) is 1.66. The van der Waals surface area contributed by atoms with Gasteiger partial charge >= 0.3 is 5.97 Å². The Kier molecular flexibility index (Phi) is 3.90. The van der Waals surface area contributed by atoms with Gasteiger partial charge in [0.05, 0.1) is 5.41 Å². The van der Waals surface area contributed by atoms with Crippen LogP contribution in [0.15, 0.2) is 17.0 Å². The molecule has 1 rings (SSSR count). The maximum absolute atomic E-state index is 13.7. The van der Waals surface area contributed by atoms with Crippen molar-refractivity contribution in [2.45, 2.75) is 25.2 Å². The Bertz CT molecular complexity index is 619. The normalized spacial score (nSPS) is 12.4. The summed E-state index contributed by atoms with van der Waals surface area (Å²) in [7, 11) is -3.78. The molecule has 0 aliphatic carbocycles. The highest BCUT2D eigenvalue weighted by Gasteiger charge is 2.29. The average Bonchev–Trinajstić information content (AvgIpc) is 2.20. The van der Waals surface area contributed by atoms with Crippen LogP contribution in [0.1, 0.15) is 19.4 Å². The fourth-order valence-electron chi connectivity index (χ4n) is 1.56. The minimum absolute atomic E-state index is 0.0531. The second kappa shape index (κ2) is 4.80. The first-order valence-electron chi connectivity index (χ1n) is 5.40. The fourth-order valence-corrected chi connectivity index (χ4v) is 2.30. The van der Waals surface area contributed by atoms with E-state index in [1.807, 2.05) is 0 Å². The summed E-state index contributed by atoms with van der Waals surface area (Å²) in [5.41, 5.74) is -1.14. The lowest BCUT2D eigenvalue weighted by atomic mass is 9.85. The first-order chi connectivity index (χ1) is 8.45. The van der Waals surface area contributed by atoms with Gasteiger partial charge in [-0.05, 0) is 31.9 Å². The Labute approximate surface area is 110 Å². The molecule has 0 saturated heterocycles. The van der Waals surface area contributed by atoms with Gasteiger partial charge in [0.25, 0.3) is 0 Å². The molecule has 0 spiro atoms. The predicted molar refractivity (Wildman–Crippen MR) is 66.3 cm³/mol. The number of benzene rings is 1. The van der Waals surface area contributed by atoms with Crippen LogP contribution in [0.5, 0.6) is 5.75 Å². The van der Waals surface area contributed by atoms with Crippen molar-refractivity contribution in [3.8, 4) is 5.75 Å². The number of carboxylic acid groups (broad SMARTS) is 1. The monoisotopic (exact) mass is 290 g/mol. The van der Waals surface area contributed by atoms with Gasteiger partial charge in [-0.1, -0.05) is 0 Å². The molecule has 0 saturated carbocycles. The molecule has 0 heterocycles. The maximum atomic E-state index is 13.7. The number of aliphatic carboxylic acids is 1. The first-order valence-corrected chi connectivity index (χ1v) is 7.29. The van der Waals surface area contributed by atoms with Crippen LogP contribution in [0.3, 0.4) is 0 Å². The molecule has 0 radical (unpaired) electrons. The van der Waals surface area contributed by atoms with Gasteiger partial charge in [0.1, 0.15) is 16.5 Å². The second-order valence-corrected chi connectivity index (χ2v) is 7.03. The summed E-state index contributed by atoms with van der Waals surface area (Å²) in [6.45, 7) is 2.86. The smallest absolute Gasteiger partial charge is 0.309 e. The topological polar surface area (TPSA) is 91.7 Å². The van der Waals surface area contributed by atoms with Crippen molar-refractivity contribution in [2.24, 2.45) is 5.41 Å². The van der Waals surface area contributed by atoms with Crippen LogP contribution >= 0.6 is 0 Å². The molecule has 0 unspecified atom stereocenters. The minimum atomic E-state index is -3.78. The number of phenolic OH excluding ortho intramolecular Hbond substituents is 1. The zero-order valence-corrected chi connectivity index (χ0v) is 11.6.